The van der Waals surface area contributed by atoms with Crippen LogP contribution in [0.15, 0.2) is 36.4 Å². The third kappa shape index (κ3) is 7.70. The van der Waals surface area contributed by atoms with E-state index in [-0.39, 0.29) is 25.1 Å². The molecule has 1 unspecified atom stereocenters. The first-order chi connectivity index (χ1) is 12.0. The standard InChI is InChI=1S/C20H26O5/c1-5-16(3)20(22)25-13-12-24-19(21)9-7-6-8-17-14-15(2)10-11-18(17)23-4/h6-11,14,16H,5,12-13H2,1-4H3/b8-6+,9-7+. The van der Waals surface area contributed by atoms with E-state index in [1.807, 2.05) is 38.1 Å². The fourth-order valence-corrected chi connectivity index (χ4v) is 1.92. The minimum Gasteiger partial charge on any atom is -0.496 e. The average molecular weight is 346 g/mol. The van der Waals surface area contributed by atoms with Gasteiger partial charge in [0.15, 0.2) is 0 Å². The van der Waals surface area contributed by atoms with Gasteiger partial charge >= 0.3 is 11.9 Å². The highest BCUT2D eigenvalue weighted by Crippen LogP contribution is 2.20. The van der Waals surface area contributed by atoms with E-state index in [2.05, 4.69) is 0 Å². The van der Waals surface area contributed by atoms with Crippen LogP contribution in [0.25, 0.3) is 6.08 Å². The summed E-state index contributed by atoms with van der Waals surface area (Å²) < 4.78 is 15.2. The smallest absolute Gasteiger partial charge is 0.330 e. The van der Waals surface area contributed by atoms with E-state index < -0.39 is 5.97 Å². The summed E-state index contributed by atoms with van der Waals surface area (Å²) in [6.07, 6.45) is 7.22. The molecule has 1 rings (SSSR count). The molecule has 0 aliphatic carbocycles. The number of carbonyl (C=O) groups is 2. The molecule has 0 N–H and O–H groups in total. The summed E-state index contributed by atoms with van der Waals surface area (Å²) in [6.45, 7) is 5.82. The van der Waals surface area contributed by atoms with Crippen LogP contribution in [0.1, 0.15) is 31.4 Å². The lowest BCUT2D eigenvalue weighted by atomic mass is 10.1. The van der Waals surface area contributed by atoms with E-state index in [1.54, 1.807) is 26.2 Å². The second-order valence-electron chi connectivity index (χ2n) is 5.61. The number of allylic oxidation sites excluding steroid dienone is 2. The molecule has 0 aromatic heterocycles. The van der Waals surface area contributed by atoms with E-state index in [0.717, 1.165) is 23.3 Å². The van der Waals surface area contributed by atoms with Gasteiger partial charge in [-0.1, -0.05) is 43.7 Å². The number of carbonyl (C=O) groups excluding carboxylic acids is 2. The van der Waals surface area contributed by atoms with Crippen molar-refractivity contribution >= 4 is 18.0 Å². The molecule has 0 bridgehead atoms. The number of methoxy groups -OCH3 is 1. The van der Waals surface area contributed by atoms with Crippen molar-refractivity contribution in [3.63, 3.8) is 0 Å². The van der Waals surface area contributed by atoms with E-state index >= 15 is 0 Å². The molecule has 0 fully saturated rings. The van der Waals surface area contributed by atoms with Crippen LogP contribution in [-0.2, 0) is 19.1 Å². The molecule has 136 valence electrons. The molecule has 5 nitrogen and oxygen atoms in total. The average Bonchev–Trinajstić information content (AvgIpc) is 2.61. The van der Waals surface area contributed by atoms with Crippen LogP contribution in [-0.4, -0.2) is 32.3 Å². The van der Waals surface area contributed by atoms with Crippen LogP contribution in [0.3, 0.4) is 0 Å². The van der Waals surface area contributed by atoms with Gasteiger partial charge in [-0.05, 0) is 25.5 Å². The lowest BCUT2D eigenvalue weighted by Crippen LogP contribution is -2.17. The van der Waals surface area contributed by atoms with Crippen molar-refractivity contribution in [1.82, 2.24) is 0 Å². The number of hydrogen-bond acceptors (Lipinski definition) is 5. The molecule has 0 aliphatic heterocycles. The van der Waals surface area contributed by atoms with Gasteiger partial charge in [-0.15, -0.1) is 0 Å². The maximum Gasteiger partial charge on any atom is 0.330 e. The van der Waals surface area contributed by atoms with Gasteiger partial charge in [-0.2, -0.15) is 0 Å². The van der Waals surface area contributed by atoms with Gasteiger partial charge in [0.2, 0.25) is 0 Å². The topological polar surface area (TPSA) is 61.8 Å². The van der Waals surface area contributed by atoms with Crippen molar-refractivity contribution in [2.24, 2.45) is 5.92 Å². The van der Waals surface area contributed by atoms with Gasteiger partial charge in [0.1, 0.15) is 19.0 Å². The number of rotatable bonds is 9. The summed E-state index contributed by atoms with van der Waals surface area (Å²) in [5.74, 6) is -0.134. The molecular formula is C20H26O5. The molecule has 1 aromatic carbocycles. The number of aryl methyl sites for hydroxylation is 1. The van der Waals surface area contributed by atoms with E-state index in [1.165, 1.54) is 6.08 Å². The lowest BCUT2D eigenvalue weighted by molar-refractivity contribution is -0.152. The molecule has 0 spiro atoms. The minimum atomic E-state index is -0.486. The second-order valence-corrected chi connectivity index (χ2v) is 5.61. The summed E-state index contributed by atoms with van der Waals surface area (Å²) in [6, 6.07) is 5.86. The Labute approximate surface area is 149 Å². The van der Waals surface area contributed by atoms with Crippen LogP contribution in [0.4, 0.5) is 0 Å². The Morgan fingerprint density at radius 2 is 1.88 bits per heavy atom. The Morgan fingerprint density at radius 3 is 2.56 bits per heavy atom. The van der Waals surface area contributed by atoms with Gasteiger partial charge in [0.05, 0.1) is 13.0 Å². The predicted molar refractivity (Wildman–Crippen MR) is 97.3 cm³/mol. The second kappa shape index (κ2) is 11.1. The number of ether oxygens (including phenoxy) is 3. The Balaban J connectivity index is 2.38. The Bertz CT molecular complexity index is 631. The number of hydrogen-bond donors (Lipinski definition) is 0. The molecular weight excluding hydrogens is 320 g/mol. The summed E-state index contributed by atoms with van der Waals surface area (Å²) in [7, 11) is 1.61. The summed E-state index contributed by atoms with van der Waals surface area (Å²) in [5, 5.41) is 0. The van der Waals surface area contributed by atoms with Crippen LogP contribution < -0.4 is 4.74 Å². The SMILES string of the molecule is CCC(C)C(=O)OCCOC(=O)/C=C/C=C/c1cc(C)ccc1OC. The van der Waals surface area contributed by atoms with Crippen molar-refractivity contribution in [1.29, 1.82) is 0 Å². The van der Waals surface area contributed by atoms with Crippen molar-refractivity contribution in [3.8, 4) is 5.75 Å². The normalized spacial score (nSPS) is 12.3. The van der Waals surface area contributed by atoms with E-state index in [9.17, 15) is 9.59 Å². The summed E-state index contributed by atoms with van der Waals surface area (Å²) in [5.41, 5.74) is 2.05. The van der Waals surface area contributed by atoms with Crippen molar-refractivity contribution in [2.75, 3.05) is 20.3 Å². The highest BCUT2D eigenvalue weighted by Gasteiger charge is 2.11. The van der Waals surface area contributed by atoms with Crippen LogP contribution in [0.2, 0.25) is 0 Å². The van der Waals surface area contributed by atoms with Gasteiger partial charge in [-0.25, -0.2) is 4.79 Å². The molecule has 0 saturated carbocycles. The zero-order valence-electron chi connectivity index (χ0n) is 15.3. The highest BCUT2D eigenvalue weighted by atomic mass is 16.6. The van der Waals surface area contributed by atoms with Gasteiger partial charge in [0, 0.05) is 11.6 Å². The lowest BCUT2D eigenvalue weighted by Gasteiger charge is -2.08. The fourth-order valence-electron chi connectivity index (χ4n) is 1.92. The first-order valence-corrected chi connectivity index (χ1v) is 8.30. The monoisotopic (exact) mass is 346 g/mol. The molecule has 0 amide bonds. The van der Waals surface area contributed by atoms with Crippen LogP contribution in [0, 0.1) is 12.8 Å². The Kier molecular flexibility index (Phi) is 9.07. The van der Waals surface area contributed by atoms with Crippen LogP contribution in [0.5, 0.6) is 5.75 Å². The zero-order chi connectivity index (χ0) is 18.7. The fraction of sp³-hybridized carbons (Fsp3) is 0.400. The highest BCUT2D eigenvalue weighted by molar-refractivity contribution is 5.82. The molecule has 0 heterocycles. The first kappa shape index (κ1) is 20.5. The third-order valence-electron chi connectivity index (χ3n) is 3.59. The van der Waals surface area contributed by atoms with E-state index in [4.69, 9.17) is 14.2 Å². The quantitative estimate of drug-likeness (QED) is 0.295. The van der Waals surface area contributed by atoms with Crippen molar-refractivity contribution in [3.05, 3.63) is 47.6 Å². The zero-order valence-corrected chi connectivity index (χ0v) is 15.3. The summed E-state index contributed by atoms with van der Waals surface area (Å²) in [4.78, 5) is 23.0. The van der Waals surface area contributed by atoms with Crippen molar-refractivity contribution < 1.29 is 23.8 Å². The summed E-state index contributed by atoms with van der Waals surface area (Å²) >= 11 is 0. The largest absolute Gasteiger partial charge is 0.496 e. The Morgan fingerprint density at radius 1 is 1.16 bits per heavy atom. The molecule has 0 saturated heterocycles. The third-order valence-corrected chi connectivity index (χ3v) is 3.59. The molecule has 25 heavy (non-hydrogen) atoms. The number of esters is 2. The predicted octanol–water partition coefficient (Wildman–Crippen LogP) is 3.71. The maximum absolute atomic E-state index is 11.6. The molecule has 1 atom stereocenters. The van der Waals surface area contributed by atoms with Crippen LogP contribution >= 0.6 is 0 Å². The van der Waals surface area contributed by atoms with Gasteiger partial charge < -0.3 is 14.2 Å². The van der Waals surface area contributed by atoms with Gasteiger partial charge in [0.25, 0.3) is 0 Å². The number of benzene rings is 1. The molecule has 0 aliphatic rings. The molecule has 5 heteroatoms. The van der Waals surface area contributed by atoms with Crippen molar-refractivity contribution in [2.45, 2.75) is 27.2 Å². The molecule has 0 radical (unpaired) electrons. The first-order valence-electron chi connectivity index (χ1n) is 8.30. The minimum absolute atomic E-state index is 0.0424. The van der Waals surface area contributed by atoms with E-state index in [0.29, 0.717) is 0 Å². The van der Waals surface area contributed by atoms with Gasteiger partial charge in [-0.3, -0.25) is 4.79 Å². The molecule has 1 aromatic rings. The Hall–Kier alpha value is -2.56. The maximum atomic E-state index is 11.6.